The van der Waals surface area contributed by atoms with E-state index in [1.165, 1.54) is 0 Å². The fourth-order valence-corrected chi connectivity index (χ4v) is 3.13. The minimum Gasteiger partial charge on any atom is -0.338 e. The van der Waals surface area contributed by atoms with Crippen molar-refractivity contribution in [2.75, 3.05) is 11.4 Å². The van der Waals surface area contributed by atoms with E-state index in [1.54, 1.807) is 11.0 Å². The highest BCUT2D eigenvalue weighted by Crippen LogP contribution is 2.43. The first-order valence-corrected chi connectivity index (χ1v) is 7.67. The molecule has 0 bridgehead atoms. The molecule has 2 amide bonds. The highest BCUT2D eigenvalue weighted by atomic mass is 16.2. The zero-order chi connectivity index (χ0) is 15.2. The van der Waals surface area contributed by atoms with E-state index in [2.05, 4.69) is 19.2 Å². The number of nitrogens with one attached hydrogen (secondary N) is 1. The minimum atomic E-state index is -0.773. The van der Waals surface area contributed by atoms with Gasteiger partial charge in [-0.05, 0) is 43.7 Å². The Morgan fingerprint density at radius 1 is 1.29 bits per heavy atom. The fourth-order valence-electron chi connectivity index (χ4n) is 3.13. The number of hydrogen-bond acceptors (Lipinski definition) is 2. The Morgan fingerprint density at radius 2 is 1.95 bits per heavy atom. The van der Waals surface area contributed by atoms with Gasteiger partial charge in [0.1, 0.15) is 5.54 Å². The predicted molar refractivity (Wildman–Crippen MR) is 82.2 cm³/mol. The Balaban J connectivity index is 2.10. The summed E-state index contributed by atoms with van der Waals surface area (Å²) in [4.78, 5) is 27.4. The van der Waals surface area contributed by atoms with Crippen molar-refractivity contribution < 1.29 is 9.59 Å². The largest absolute Gasteiger partial charge is 0.338 e. The highest BCUT2D eigenvalue weighted by molar-refractivity contribution is 6.12. The number of hydrogen-bond donors (Lipinski definition) is 1. The first kappa shape index (κ1) is 14.1. The third-order valence-electron chi connectivity index (χ3n) is 4.44. The molecule has 1 aliphatic heterocycles. The van der Waals surface area contributed by atoms with Crippen molar-refractivity contribution in [2.45, 2.75) is 39.2 Å². The fraction of sp³-hybridized carbons (Fsp3) is 0.529. The van der Waals surface area contributed by atoms with Crippen LogP contribution in [0.1, 0.15) is 44.0 Å². The Kier molecular flexibility index (Phi) is 3.27. The van der Waals surface area contributed by atoms with Crippen LogP contribution in [0, 0.1) is 11.8 Å². The van der Waals surface area contributed by atoms with E-state index >= 15 is 0 Å². The molecule has 4 heteroatoms. The van der Waals surface area contributed by atoms with E-state index < -0.39 is 5.54 Å². The van der Waals surface area contributed by atoms with Gasteiger partial charge in [-0.25, -0.2) is 0 Å². The number of anilines is 1. The van der Waals surface area contributed by atoms with Crippen LogP contribution in [0.25, 0.3) is 0 Å². The maximum atomic E-state index is 13.1. The Labute approximate surface area is 125 Å². The lowest BCUT2D eigenvalue weighted by atomic mass is 9.93. The molecule has 21 heavy (non-hydrogen) atoms. The molecule has 1 aliphatic carbocycles. The normalized spacial score (nSPS) is 25.6. The molecule has 1 heterocycles. The molecule has 1 unspecified atom stereocenters. The summed E-state index contributed by atoms with van der Waals surface area (Å²) in [5.74, 6) is 0.494. The van der Waals surface area contributed by atoms with Gasteiger partial charge in [-0.3, -0.25) is 9.59 Å². The second-order valence-corrected chi connectivity index (χ2v) is 6.76. The van der Waals surface area contributed by atoms with Crippen molar-refractivity contribution >= 4 is 17.5 Å². The number of fused-ring (bicyclic) bond motifs is 1. The third-order valence-corrected chi connectivity index (χ3v) is 4.44. The highest BCUT2D eigenvalue weighted by Gasteiger charge is 2.52. The zero-order valence-electron chi connectivity index (χ0n) is 12.8. The average molecular weight is 286 g/mol. The topological polar surface area (TPSA) is 49.4 Å². The molecular formula is C17H22N2O2. The van der Waals surface area contributed by atoms with Crippen molar-refractivity contribution in [3.05, 3.63) is 29.8 Å². The Bertz CT molecular complexity index is 592. The Hall–Kier alpha value is -1.84. The molecule has 0 aromatic heterocycles. The van der Waals surface area contributed by atoms with Crippen LogP contribution in [-0.4, -0.2) is 23.9 Å². The summed E-state index contributed by atoms with van der Waals surface area (Å²) in [6.45, 7) is 6.69. The van der Waals surface area contributed by atoms with Crippen molar-refractivity contribution in [3.8, 4) is 0 Å². The van der Waals surface area contributed by atoms with Crippen LogP contribution in [0.15, 0.2) is 24.3 Å². The number of amides is 2. The van der Waals surface area contributed by atoms with Gasteiger partial charge >= 0.3 is 0 Å². The smallest absolute Gasteiger partial charge is 0.254 e. The molecule has 1 saturated carbocycles. The van der Waals surface area contributed by atoms with Crippen molar-refractivity contribution in [3.63, 3.8) is 0 Å². The van der Waals surface area contributed by atoms with E-state index in [0.29, 0.717) is 18.0 Å². The standard InChI is InChI=1S/C17H22N2O2/c1-11(2)10-19-14-7-5-4-6-13(14)15(20)18-17(3,16(19)21)12-8-9-12/h4-7,11-12H,8-10H2,1-3H3,(H,18,20). The molecule has 112 valence electrons. The zero-order valence-corrected chi connectivity index (χ0v) is 12.8. The molecule has 1 aromatic rings. The first-order chi connectivity index (χ1) is 9.93. The van der Waals surface area contributed by atoms with Gasteiger partial charge in [-0.1, -0.05) is 26.0 Å². The van der Waals surface area contributed by atoms with Gasteiger partial charge in [0.05, 0.1) is 11.3 Å². The van der Waals surface area contributed by atoms with Crippen LogP contribution in [0.5, 0.6) is 0 Å². The third kappa shape index (κ3) is 2.33. The number of carbonyl (C=O) groups is 2. The molecular weight excluding hydrogens is 264 g/mol. The van der Waals surface area contributed by atoms with Gasteiger partial charge in [0.15, 0.2) is 0 Å². The second-order valence-electron chi connectivity index (χ2n) is 6.76. The Morgan fingerprint density at radius 3 is 2.57 bits per heavy atom. The average Bonchev–Trinajstić information content (AvgIpc) is 3.28. The molecule has 2 aliphatic rings. The molecule has 0 saturated heterocycles. The maximum Gasteiger partial charge on any atom is 0.254 e. The number of carbonyl (C=O) groups excluding carboxylic acids is 2. The summed E-state index contributed by atoms with van der Waals surface area (Å²) in [6.07, 6.45) is 2.02. The summed E-state index contributed by atoms with van der Waals surface area (Å²) in [7, 11) is 0. The van der Waals surface area contributed by atoms with Gasteiger partial charge in [0.25, 0.3) is 11.8 Å². The quantitative estimate of drug-likeness (QED) is 0.928. The molecule has 0 spiro atoms. The van der Waals surface area contributed by atoms with Gasteiger partial charge in [0.2, 0.25) is 0 Å². The summed E-state index contributed by atoms with van der Waals surface area (Å²) in [5, 5.41) is 3.00. The van der Waals surface area contributed by atoms with Crippen LogP contribution in [0.2, 0.25) is 0 Å². The van der Waals surface area contributed by atoms with Gasteiger partial charge in [-0.15, -0.1) is 0 Å². The first-order valence-electron chi connectivity index (χ1n) is 7.67. The summed E-state index contributed by atoms with van der Waals surface area (Å²) in [5.41, 5.74) is 0.555. The molecule has 3 rings (SSSR count). The van der Waals surface area contributed by atoms with Gasteiger partial charge in [-0.2, -0.15) is 0 Å². The van der Waals surface area contributed by atoms with Crippen molar-refractivity contribution in [1.82, 2.24) is 5.32 Å². The molecule has 1 atom stereocenters. The van der Waals surface area contributed by atoms with E-state index in [4.69, 9.17) is 0 Å². The summed E-state index contributed by atoms with van der Waals surface area (Å²) in [6, 6.07) is 7.39. The van der Waals surface area contributed by atoms with Gasteiger partial charge < -0.3 is 10.2 Å². The monoisotopic (exact) mass is 286 g/mol. The minimum absolute atomic E-state index is 0.0250. The maximum absolute atomic E-state index is 13.1. The number of para-hydroxylation sites is 1. The SMILES string of the molecule is CC(C)CN1C(=O)C(C)(C2CC2)NC(=O)c2ccccc21. The van der Waals surface area contributed by atoms with Crippen LogP contribution >= 0.6 is 0 Å². The van der Waals surface area contributed by atoms with Crippen LogP contribution in [-0.2, 0) is 4.79 Å². The molecule has 4 nitrogen and oxygen atoms in total. The summed E-state index contributed by atoms with van der Waals surface area (Å²) >= 11 is 0. The summed E-state index contributed by atoms with van der Waals surface area (Å²) < 4.78 is 0. The lowest BCUT2D eigenvalue weighted by Crippen LogP contribution is -2.58. The molecule has 1 aromatic carbocycles. The van der Waals surface area contributed by atoms with E-state index in [-0.39, 0.29) is 17.7 Å². The number of nitrogens with zero attached hydrogens (tertiary/aromatic N) is 1. The molecule has 1 fully saturated rings. The number of rotatable bonds is 3. The van der Waals surface area contributed by atoms with Crippen LogP contribution < -0.4 is 10.2 Å². The van der Waals surface area contributed by atoms with Crippen LogP contribution in [0.4, 0.5) is 5.69 Å². The lowest BCUT2D eigenvalue weighted by molar-refractivity contribution is -0.124. The van der Waals surface area contributed by atoms with Crippen LogP contribution in [0.3, 0.4) is 0 Å². The van der Waals surface area contributed by atoms with Crippen molar-refractivity contribution in [1.29, 1.82) is 0 Å². The second kappa shape index (κ2) is 4.86. The molecule has 0 radical (unpaired) electrons. The van der Waals surface area contributed by atoms with E-state index in [9.17, 15) is 9.59 Å². The van der Waals surface area contributed by atoms with Gasteiger partial charge in [0, 0.05) is 6.54 Å². The van der Waals surface area contributed by atoms with E-state index in [0.717, 1.165) is 18.5 Å². The predicted octanol–water partition coefficient (Wildman–Crippen LogP) is 2.59. The lowest BCUT2D eigenvalue weighted by Gasteiger charge is -2.33. The number of benzene rings is 1. The van der Waals surface area contributed by atoms with Crippen molar-refractivity contribution in [2.24, 2.45) is 11.8 Å². The van der Waals surface area contributed by atoms with E-state index in [1.807, 2.05) is 25.1 Å². The molecule has 1 N–H and O–H groups in total.